The highest BCUT2D eigenvalue weighted by Crippen LogP contribution is 2.19. The van der Waals surface area contributed by atoms with Crippen LogP contribution in [-0.4, -0.2) is 30.2 Å². The lowest BCUT2D eigenvalue weighted by molar-refractivity contribution is -0.147. The normalized spacial score (nSPS) is 14.9. The highest BCUT2D eigenvalue weighted by molar-refractivity contribution is 5.77. The van der Waals surface area contributed by atoms with Crippen molar-refractivity contribution in [2.45, 2.75) is 41.0 Å². The predicted octanol–water partition coefficient (Wildman–Crippen LogP) is 1.83. The molecule has 0 spiro atoms. The zero-order valence-corrected chi connectivity index (χ0v) is 11.4. The summed E-state index contributed by atoms with van der Waals surface area (Å²) in [6, 6.07) is -0.319. The van der Waals surface area contributed by atoms with Crippen molar-refractivity contribution < 1.29 is 14.7 Å². The molecule has 3 N–H and O–H groups in total. The monoisotopic (exact) mass is 244 g/mol. The minimum Gasteiger partial charge on any atom is -0.481 e. The van der Waals surface area contributed by atoms with E-state index in [0.29, 0.717) is 13.0 Å². The molecule has 100 valence electrons. The highest BCUT2D eigenvalue weighted by Gasteiger charge is 2.31. The van der Waals surface area contributed by atoms with Crippen molar-refractivity contribution in [1.29, 1.82) is 0 Å². The summed E-state index contributed by atoms with van der Waals surface area (Å²) in [7, 11) is 0. The summed E-state index contributed by atoms with van der Waals surface area (Å²) in [5, 5.41) is 14.3. The molecule has 0 fully saturated rings. The Hall–Kier alpha value is -1.26. The fourth-order valence-corrected chi connectivity index (χ4v) is 1.04. The summed E-state index contributed by atoms with van der Waals surface area (Å²) in [5.41, 5.74) is -0.892. The number of carbonyl (C=O) groups excluding carboxylic acids is 1. The lowest BCUT2D eigenvalue weighted by Crippen LogP contribution is -2.46. The van der Waals surface area contributed by atoms with E-state index in [4.69, 9.17) is 5.11 Å². The number of nitrogens with one attached hydrogen (secondary N) is 2. The maximum absolute atomic E-state index is 11.5. The van der Waals surface area contributed by atoms with E-state index in [1.54, 1.807) is 13.8 Å². The van der Waals surface area contributed by atoms with Crippen LogP contribution in [0.5, 0.6) is 0 Å². The van der Waals surface area contributed by atoms with E-state index in [2.05, 4.69) is 10.6 Å². The Labute approximate surface area is 103 Å². The largest absolute Gasteiger partial charge is 0.481 e. The summed E-state index contributed by atoms with van der Waals surface area (Å²) < 4.78 is 0. The number of carbonyl (C=O) groups is 2. The molecule has 0 aromatic rings. The summed E-state index contributed by atoms with van der Waals surface area (Å²) >= 11 is 0. The molecule has 0 aliphatic carbocycles. The van der Waals surface area contributed by atoms with Crippen molar-refractivity contribution in [3.8, 4) is 0 Å². The molecule has 0 rings (SSSR count). The van der Waals surface area contributed by atoms with Gasteiger partial charge in [-0.2, -0.15) is 0 Å². The molecule has 0 bridgehead atoms. The van der Waals surface area contributed by atoms with Gasteiger partial charge < -0.3 is 15.7 Å². The van der Waals surface area contributed by atoms with E-state index in [1.165, 1.54) is 0 Å². The predicted molar refractivity (Wildman–Crippen MR) is 66.9 cm³/mol. The van der Waals surface area contributed by atoms with Crippen molar-refractivity contribution in [2.24, 2.45) is 10.8 Å². The van der Waals surface area contributed by atoms with Crippen LogP contribution in [0.25, 0.3) is 0 Å². The third-order valence-corrected chi connectivity index (χ3v) is 2.72. The van der Waals surface area contributed by atoms with Gasteiger partial charge >= 0.3 is 12.0 Å². The molecule has 0 aromatic carbocycles. The number of carboxylic acids is 1. The highest BCUT2D eigenvalue weighted by atomic mass is 16.4. The van der Waals surface area contributed by atoms with Gasteiger partial charge in [-0.3, -0.25) is 4.79 Å². The summed E-state index contributed by atoms with van der Waals surface area (Å²) in [4.78, 5) is 22.5. The van der Waals surface area contributed by atoms with E-state index in [1.807, 2.05) is 20.8 Å². The van der Waals surface area contributed by atoms with Crippen molar-refractivity contribution in [3.63, 3.8) is 0 Å². The average Bonchev–Trinajstić information content (AvgIpc) is 2.21. The third-order valence-electron chi connectivity index (χ3n) is 2.72. The van der Waals surface area contributed by atoms with Crippen LogP contribution in [0.4, 0.5) is 4.79 Å². The van der Waals surface area contributed by atoms with Gasteiger partial charge in [-0.05, 0) is 18.8 Å². The lowest BCUT2D eigenvalue weighted by atomic mass is 9.88. The van der Waals surface area contributed by atoms with E-state index in [9.17, 15) is 9.59 Å². The number of hydrogen-bond acceptors (Lipinski definition) is 2. The third kappa shape index (κ3) is 6.14. The van der Waals surface area contributed by atoms with Crippen LogP contribution in [0.2, 0.25) is 0 Å². The van der Waals surface area contributed by atoms with Crippen molar-refractivity contribution >= 4 is 12.0 Å². The minimum absolute atomic E-state index is 0.0121. The second-order valence-corrected chi connectivity index (χ2v) is 5.82. The van der Waals surface area contributed by atoms with Gasteiger partial charge in [0.15, 0.2) is 0 Å². The molecule has 5 nitrogen and oxygen atoms in total. The Morgan fingerprint density at radius 1 is 1.06 bits per heavy atom. The van der Waals surface area contributed by atoms with Gasteiger partial charge in [0.25, 0.3) is 0 Å². The number of aliphatic carboxylic acids is 1. The van der Waals surface area contributed by atoms with Gasteiger partial charge in [-0.1, -0.05) is 27.7 Å². The first-order valence-electron chi connectivity index (χ1n) is 5.86. The van der Waals surface area contributed by atoms with Crippen molar-refractivity contribution in [3.05, 3.63) is 0 Å². The van der Waals surface area contributed by atoms with Crippen LogP contribution < -0.4 is 10.6 Å². The van der Waals surface area contributed by atoms with Crippen LogP contribution in [0.1, 0.15) is 41.0 Å². The Kier molecular flexibility index (Phi) is 5.45. The summed E-state index contributed by atoms with van der Waals surface area (Å²) in [6.45, 7) is 10.1. The van der Waals surface area contributed by atoms with E-state index in [0.717, 1.165) is 0 Å². The van der Waals surface area contributed by atoms with Crippen LogP contribution in [0, 0.1) is 10.8 Å². The number of urea groups is 1. The minimum atomic E-state index is -0.904. The smallest absolute Gasteiger partial charge is 0.314 e. The van der Waals surface area contributed by atoms with Gasteiger partial charge in [0.2, 0.25) is 0 Å². The van der Waals surface area contributed by atoms with Crippen LogP contribution in [0.3, 0.4) is 0 Å². The first-order valence-corrected chi connectivity index (χ1v) is 5.86. The van der Waals surface area contributed by atoms with Crippen molar-refractivity contribution in [1.82, 2.24) is 10.6 Å². The molecule has 0 saturated carbocycles. The van der Waals surface area contributed by atoms with Crippen LogP contribution in [0.15, 0.2) is 0 Å². The number of amides is 2. The van der Waals surface area contributed by atoms with Crippen molar-refractivity contribution in [2.75, 3.05) is 13.1 Å². The first kappa shape index (κ1) is 15.7. The molecule has 0 aromatic heterocycles. The van der Waals surface area contributed by atoms with E-state index in [-0.39, 0.29) is 18.0 Å². The number of rotatable bonds is 5. The molecule has 1 atom stereocenters. The second kappa shape index (κ2) is 5.89. The summed E-state index contributed by atoms with van der Waals surface area (Å²) in [6.07, 6.45) is 0.474. The SMILES string of the molecule is CCC(C)(CNC(=O)NCC(C)(C)C)C(=O)O. The molecule has 0 aliphatic heterocycles. The molecule has 5 heteroatoms. The molecule has 17 heavy (non-hydrogen) atoms. The Morgan fingerprint density at radius 3 is 1.88 bits per heavy atom. The fourth-order valence-electron chi connectivity index (χ4n) is 1.04. The molecular weight excluding hydrogens is 220 g/mol. The van der Waals surface area contributed by atoms with Crippen LogP contribution in [-0.2, 0) is 4.79 Å². The topological polar surface area (TPSA) is 78.4 Å². The van der Waals surface area contributed by atoms with Gasteiger partial charge in [0.05, 0.1) is 5.41 Å². The standard InChI is InChI=1S/C12H24N2O3/c1-6-12(5,9(15)16)8-14-10(17)13-7-11(2,3)4/h6-8H2,1-5H3,(H,15,16)(H2,13,14,17). The van der Waals surface area contributed by atoms with E-state index < -0.39 is 11.4 Å². The molecule has 0 saturated heterocycles. The number of hydrogen-bond donors (Lipinski definition) is 3. The average molecular weight is 244 g/mol. The molecule has 1 unspecified atom stereocenters. The van der Waals surface area contributed by atoms with Gasteiger partial charge in [0, 0.05) is 13.1 Å². The molecular formula is C12H24N2O3. The van der Waals surface area contributed by atoms with E-state index >= 15 is 0 Å². The molecule has 2 amide bonds. The number of carboxylic acid groups (broad SMARTS) is 1. The first-order chi connectivity index (χ1) is 7.60. The maximum Gasteiger partial charge on any atom is 0.314 e. The lowest BCUT2D eigenvalue weighted by Gasteiger charge is -2.24. The van der Waals surface area contributed by atoms with Gasteiger partial charge in [0.1, 0.15) is 0 Å². The Morgan fingerprint density at radius 2 is 1.53 bits per heavy atom. The zero-order chi connectivity index (χ0) is 13.7. The molecule has 0 heterocycles. The molecule has 0 aliphatic rings. The second-order valence-electron chi connectivity index (χ2n) is 5.82. The molecule has 0 radical (unpaired) electrons. The summed E-state index contributed by atoms with van der Waals surface area (Å²) in [5.74, 6) is -0.892. The Balaban J connectivity index is 4.11. The quantitative estimate of drug-likeness (QED) is 0.690. The van der Waals surface area contributed by atoms with Gasteiger partial charge in [-0.25, -0.2) is 4.79 Å². The Bertz CT molecular complexity index is 284. The van der Waals surface area contributed by atoms with Crippen LogP contribution >= 0.6 is 0 Å². The maximum atomic E-state index is 11.5. The zero-order valence-electron chi connectivity index (χ0n) is 11.4. The fraction of sp³-hybridized carbons (Fsp3) is 0.833. The van der Waals surface area contributed by atoms with Gasteiger partial charge in [-0.15, -0.1) is 0 Å².